The Kier molecular flexibility index (Phi) is 10.3. The number of hydrogen-bond acceptors (Lipinski definition) is 7. The first-order valence-corrected chi connectivity index (χ1v) is 9.11. The lowest BCUT2D eigenvalue weighted by atomic mass is 9.78. The molecule has 0 fully saturated rings. The first-order chi connectivity index (χ1) is 13.8. The number of esters is 1. The maximum atomic E-state index is 12.0. The van der Waals surface area contributed by atoms with Crippen LogP contribution in [0.4, 0.5) is 0 Å². The van der Waals surface area contributed by atoms with Crippen LogP contribution in [-0.4, -0.2) is 48.2 Å². The Morgan fingerprint density at radius 2 is 1.80 bits per heavy atom. The summed E-state index contributed by atoms with van der Waals surface area (Å²) in [6.45, 7) is 1.76. The minimum absolute atomic E-state index is 0. The van der Waals surface area contributed by atoms with Gasteiger partial charge in [-0.15, -0.1) is 12.4 Å². The standard InChI is InChI=1S/C20H25BN2O6.ClH/c1-13(22)19(24)23-17(20(25)28-2)11-15-8-9-18(16(10-15)21(26)27)29-12-14-6-4-3-5-7-14;/h3-10,13,17,26-27H,11-12,22H2,1-2H3,(H,23,24);1H/t13-,17-;/m0./s1. The van der Waals surface area contributed by atoms with E-state index in [0.717, 1.165) is 5.56 Å². The van der Waals surface area contributed by atoms with Crippen molar-refractivity contribution in [3.05, 3.63) is 59.7 Å². The van der Waals surface area contributed by atoms with Crippen LogP contribution in [0.3, 0.4) is 0 Å². The molecule has 0 heterocycles. The molecule has 0 saturated carbocycles. The Balaban J connectivity index is 0.00000450. The van der Waals surface area contributed by atoms with E-state index in [-0.39, 0.29) is 30.9 Å². The number of carbonyl (C=O) groups is 2. The molecule has 1 amide bonds. The van der Waals surface area contributed by atoms with Crippen molar-refractivity contribution in [1.29, 1.82) is 0 Å². The minimum Gasteiger partial charge on any atom is -0.489 e. The highest BCUT2D eigenvalue weighted by atomic mass is 35.5. The number of hydrogen-bond donors (Lipinski definition) is 4. The number of ether oxygens (including phenoxy) is 2. The monoisotopic (exact) mass is 436 g/mol. The summed E-state index contributed by atoms with van der Waals surface area (Å²) in [6.07, 6.45) is 0.0871. The van der Waals surface area contributed by atoms with Crippen molar-refractivity contribution in [1.82, 2.24) is 5.32 Å². The fraction of sp³-hybridized carbons (Fsp3) is 0.300. The van der Waals surface area contributed by atoms with Gasteiger partial charge in [-0.2, -0.15) is 0 Å². The van der Waals surface area contributed by atoms with Gasteiger partial charge in [0, 0.05) is 11.9 Å². The predicted molar refractivity (Wildman–Crippen MR) is 116 cm³/mol. The Morgan fingerprint density at radius 1 is 1.13 bits per heavy atom. The van der Waals surface area contributed by atoms with Gasteiger partial charge in [-0.3, -0.25) is 4.79 Å². The number of halogens is 1. The third-order valence-corrected chi connectivity index (χ3v) is 4.25. The Hall–Kier alpha value is -2.59. The molecule has 2 rings (SSSR count). The third kappa shape index (κ3) is 7.35. The number of benzene rings is 2. The summed E-state index contributed by atoms with van der Waals surface area (Å²) in [4.78, 5) is 23.9. The van der Waals surface area contributed by atoms with Crippen LogP contribution in [0.15, 0.2) is 48.5 Å². The first-order valence-electron chi connectivity index (χ1n) is 9.11. The SMILES string of the molecule is COC(=O)[C@H](Cc1ccc(OCc2ccccc2)c(B(O)O)c1)NC(=O)[C@H](C)N.Cl. The van der Waals surface area contributed by atoms with Crippen molar-refractivity contribution in [2.24, 2.45) is 5.73 Å². The van der Waals surface area contributed by atoms with Gasteiger partial charge in [-0.05, 0) is 24.1 Å². The average molecular weight is 437 g/mol. The first kappa shape index (κ1) is 25.5. The second kappa shape index (κ2) is 12.2. The zero-order valence-corrected chi connectivity index (χ0v) is 17.6. The Labute approximate surface area is 181 Å². The van der Waals surface area contributed by atoms with Crippen LogP contribution in [0.1, 0.15) is 18.1 Å². The molecule has 8 nitrogen and oxygen atoms in total. The van der Waals surface area contributed by atoms with Crippen molar-refractivity contribution in [2.75, 3.05) is 7.11 Å². The van der Waals surface area contributed by atoms with Gasteiger partial charge >= 0.3 is 13.1 Å². The molecule has 2 aromatic rings. The Morgan fingerprint density at radius 3 is 2.37 bits per heavy atom. The van der Waals surface area contributed by atoms with Crippen LogP contribution in [0.25, 0.3) is 0 Å². The smallest absolute Gasteiger partial charge is 0.489 e. The lowest BCUT2D eigenvalue weighted by molar-refractivity contribution is -0.145. The second-order valence-electron chi connectivity index (χ2n) is 6.60. The molecule has 162 valence electrons. The van der Waals surface area contributed by atoms with Crippen LogP contribution in [-0.2, 0) is 27.4 Å². The zero-order chi connectivity index (χ0) is 21.4. The molecule has 0 aliphatic heterocycles. The molecule has 0 saturated heterocycles. The van der Waals surface area contributed by atoms with Crippen molar-refractivity contribution in [2.45, 2.75) is 32.0 Å². The van der Waals surface area contributed by atoms with Crippen LogP contribution in [0.5, 0.6) is 5.75 Å². The molecule has 30 heavy (non-hydrogen) atoms. The normalized spacial score (nSPS) is 12.2. The molecule has 0 aliphatic rings. The molecule has 10 heteroatoms. The van der Waals surface area contributed by atoms with E-state index in [0.29, 0.717) is 11.3 Å². The lowest BCUT2D eigenvalue weighted by Gasteiger charge is -2.19. The van der Waals surface area contributed by atoms with E-state index in [9.17, 15) is 19.6 Å². The van der Waals surface area contributed by atoms with Gasteiger partial charge in [0.25, 0.3) is 0 Å². The fourth-order valence-electron chi connectivity index (χ4n) is 2.67. The topological polar surface area (TPSA) is 131 Å². The van der Waals surface area contributed by atoms with Crippen molar-refractivity contribution in [3.63, 3.8) is 0 Å². The van der Waals surface area contributed by atoms with Gasteiger partial charge in [0.1, 0.15) is 18.4 Å². The van der Waals surface area contributed by atoms with E-state index in [1.807, 2.05) is 30.3 Å². The molecule has 0 aliphatic carbocycles. The summed E-state index contributed by atoms with van der Waals surface area (Å²) in [5, 5.41) is 22.0. The summed E-state index contributed by atoms with van der Waals surface area (Å²) in [5.74, 6) is -0.818. The third-order valence-electron chi connectivity index (χ3n) is 4.25. The maximum absolute atomic E-state index is 12.0. The van der Waals surface area contributed by atoms with E-state index in [2.05, 4.69) is 5.32 Å². The number of nitrogens with two attached hydrogens (primary N) is 1. The molecule has 2 atom stereocenters. The van der Waals surface area contributed by atoms with Crippen LogP contribution in [0, 0.1) is 0 Å². The highest BCUT2D eigenvalue weighted by Gasteiger charge is 2.25. The quantitative estimate of drug-likeness (QED) is 0.319. The maximum Gasteiger partial charge on any atom is 0.492 e. The summed E-state index contributed by atoms with van der Waals surface area (Å²) >= 11 is 0. The molecular formula is C20H26BClN2O6. The number of carbonyl (C=O) groups excluding carboxylic acids is 2. The lowest BCUT2D eigenvalue weighted by Crippen LogP contribution is -2.48. The predicted octanol–water partition coefficient (Wildman–Crippen LogP) is -0.0853. The van der Waals surface area contributed by atoms with E-state index in [1.165, 1.54) is 20.1 Å². The summed E-state index contributed by atoms with van der Waals surface area (Å²) in [7, 11) is -0.549. The molecule has 0 spiro atoms. The van der Waals surface area contributed by atoms with Gasteiger partial charge in [-0.25, -0.2) is 4.79 Å². The Bertz CT molecular complexity index is 835. The van der Waals surface area contributed by atoms with Crippen molar-refractivity contribution in [3.8, 4) is 5.75 Å². The summed E-state index contributed by atoms with van der Waals surface area (Å²) < 4.78 is 10.4. The van der Waals surface area contributed by atoms with Gasteiger partial charge in [0.05, 0.1) is 13.2 Å². The van der Waals surface area contributed by atoms with Crippen LogP contribution < -0.4 is 21.3 Å². The highest BCUT2D eigenvalue weighted by molar-refractivity contribution is 6.59. The average Bonchev–Trinajstić information content (AvgIpc) is 2.72. The summed E-state index contributed by atoms with van der Waals surface area (Å²) in [6, 6.07) is 12.5. The van der Waals surface area contributed by atoms with Crippen molar-refractivity contribution < 1.29 is 29.1 Å². The van der Waals surface area contributed by atoms with Gasteiger partial charge in [0.15, 0.2) is 0 Å². The van der Waals surface area contributed by atoms with Crippen LogP contribution >= 0.6 is 12.4 Å². The molecular weight excluding hydrogens is 410 g/mol. The molecule has 0 aromatic heterocycles. The van der Waals surface area contributed by atoms with E-state index in [1.54, 1.807) is 12.1 Å². The van der Waals surface area contributed by atoms with E-state index in [4.69, 9.17) is 15.2 Å². The summed E-state index contributed by atoms with van der Waals surface area (Å²) in [5.41, 5.74) is 7.20. The van der Waals surface area contributed by atoms with E-state index < -0.39 is 31.1 Å². The minimum atomic E-state index is -1.77. The largest absolute Gasteiger partial charge is 0.492 e. The van der Waals surface area contributed by atoms with Gasteiger partial charge < -0.3 is 30.6 Å². The number of nitrogens with one attached hydrogen (secondary N) is 1. The zero-order valence-electron chi connectivity index (χ0n) is 16.8. The molecule has 5 N–H and O–H groups in total. The second-order valence-corrected chi connectivity index (χ2v) is 6.60. The molecule has 0 unspecified atom stereocenters. The highest BCUT2D eigenvalue weighted by Crippen LogP contribution is 2.15. The molecule has 2 aromatic carbocycles. The fourth-order valence-corrected chi connectivity index (χ4v) is 2.67. The van der Waals surface area contributed by atoms with Crippen LogP contribution in [0.2, 0.25) is 0 Å². The number of amides is 1. The number of methoxy groups -OCH3 is 1. The number of rotatable bonds is 9. The van der Waals surface area contributed by atoms with Crippen molar-refractivity contribution >= 4 is 36.9 Å². The molecule has 0 radical (unpaired) electrons. The van der Waals surface area contributed by atoms with Gasteiger partial charge in [0.2, 0.25) is 5.91 Å². The molecule has 0 bridgehead atoms. The van der Waals surface area contributed by atoms with Gasteiger partial charge in [-0.1, -0.05) is 42.5 Å². The van der Waals surface area contributed by atoms with E-state index >= 15 is 0 Å².